The first kappa shape index (κ1) is 15.4. The molecule has 126 valence electrons. The first-order valence-corrected chi connectivity index (χ1v) is 7.90. The topological polar surface area (TPSA) is 76.1 Å². The lowest BCUT2D eigenvalue weighted by atomic mass is 9.92. The summed E-state index contributed by atoms with van der Waals surface area (Å²) >= 11 is 0. The van der Waals surface area contributed by atoms with Crippen molar-refractivity contribution in [3.63, 3.8) is 0 Å². The van der Waals surface area contributed by atoms with Crippen molar-refractivity contribution in [2.45, 2.75) is 12.6 Å². The van der Waals surface area contributed by atoms with Crippen molar-refractivity contribution in [3.8, 4) is 0 Å². The minimum absolute atomic E-state index is 0.0983. The lowest BCUT2D eigenvalue weighted by molar-refractivity contribution is -0.183. The zero-order valence-electron chi connectivity index (χ0n) is 13.4. The molecule has 0 bridgehead atoms. The molecule has 0 saturated heterocycles. The Morgan fingerprint density at radius 2 is 1.84 bits per heavy atom. The Balaban J connectivity index is 1.97. The van der Waals surface area contributed by atoms with Gasteiger partial charge in [0.1, 0.15) is 5.57 Å². The monoisotopic (exact) mass is 337 g/mol. The van der Waals surface area contributed by atoms with Crippen LogP contribution in [0.3, 0.4) is 0 Å². The Morgan fingerprint density at radius 3 is 2.56 bits per heavy atom. The highest BCUT2D eigenvalue weighted by molar-refractivity contribution is 6.07. The number of aliphatic hydroxyl groups is 1. The van der Waals surface area contributed by atoms with Gasteiger partial charge in [-0.3, -0.25) is 4.79 Å². The first-order valence-electron chi connectivity index (χ1n) is 7.90. The molecule has 1 unspecified atom stereocenters. The number of fused-ring (bicyclic) bond motifs is 3. The minimum Gasteiger partial charge on any atom is -0.462 e. The number of hydroxylamine groups is 2. The van der Waals surface area contributed by atoms with Crippen molar-refractivity contribution in [1.29, 1.82) is 0 Å². The van der Waals surface area contributed by atoms with E-state index in [0.717, 1.165) is 5.06 Å². The number of benzene rings is 2. The van der Waals surface area contributed by atoms with Crippen LogP contribution in [0.5, 0.6) is 0 Å². The third-order valence-electron chi connectivity index (χ3n) is 4.29. The van der Waals surface area contributed by atoms with E-state index in [2.05, 4.69) is 0 Å². The number of carbonyl (C=O) groups excluding carboxylic acids is 2. The number of hydrogen-bond donors (Lipinski definition) is 1. The van der Waals surface area contributed by atoms with Gasteiger partial charge in [0.2, 0.25) is 5.72 Å². The molecule has 2 aliphatic heterocycles. The number of esters is 1. The van der Waals surface area contributed by atoms with Gasteiger partial charge < -0.3 is 14.7 Å². The summed E-state index contributed by atoms with van der Waals surface area (Å²) in [4.78, 5) is 30.9. The van der Waals surface area contributed by atoms with Crippen LogP contribution in [0.15, 0.2) is 60.2 Å². The van der Waals surface area contributed by atoms with Crippen molar-refractivity contribution >= 4 is 17.6 Å². The fraction of sp³-hybridized carbons (Fsp3) is 0.158. The average Bonchev–Trinajstić information content (AvgIpc) is 3.06. The molecule has 2 aromatic rings. The summed E-state index contributed by atoms with van der Waals surface area (Å²) in [7, 11) is 0. The lowest BCUT2D eigenvalue weighted by Gasteiger charge is -2.25. The molecule has 25 heavy (non-hydrogen) atoms. The van der Waals surface area contributed by atoms with Crippen LogP contribution in [0.4, 0.5) is 0 Å². The van der Waals surface area contributed by atoms with Gasteiger partial charge in [0.25, 0.3) is 5.91 Å². The van der Waals surface area contributed by atoms with E-state index in [1.807, 2.05) is 6.07 Å². The van der Waals surface area contributed by atoms with E-state index < -0.39 is 17.6 Å². The van der Waals surface area contributed by atoms with E-state index in [-0.39, 0.29) is 17.9 Å². The van der Waals surface area contributed by atoms with Crippen LogP contribution >= 0.6 is 0 Å². The molecule has 0 aromatic heterocycles. The van der Waals surface area contributed by atoms with Crippen molar-refractivity contribution in [1.82, 2.24) is 5.06 Å². The molecule has 1 atom stereocenters. The molecule has 6 heteroatoms. The molecule has 2 heterocycles. The molecule has 6 nitrogen and oxygen atoms in total. The number of nitrogens with zero attached hydrogens (tertiary/aromatic N) is 1. The number of carbonyl (C=O) groups is 2. The second-order valence-electron chi connectivity index (χ2n) is 5.70. The second kappa shape index (κ2) is 5.46. The first-order chi connectivity index (χ1) is 12.1. The van der Waals surface area contributed by atoms with E-state index >= 15 is 0 Å². The zero-order chi connectivity index (χ0) is 17.6. The van der Waals surface area contributed by atoms with Gasteiger partial charge in [0.15, 0.2) is 5.76 Å². The predicted molar refractivity (Wildman–Crippen MR) is 87.6 cm³/mol. The molecule has 0 fully saturated rings. The number of ether oxygens (including phenoxy) is 1. The SMILES string of the molecule is CCOC(=O)C1=C(c2ccccc2)ON2C(=O)c3ccccc3C12O. The van der Waals surface area contributed by atoms with E-state index in [1.165, 1.54) is 0 Å². The molecule has 0 aliphatic carbocycles. The molecular weight excluding hydrogens is 322 g/mol. The fourth-order valence-electron chi connectivity index (χ4n) is 3.20. The smallest absolute Gasteiger partial charge is 0.343 e. The maximum absolute atomic E-state index is 12.6. The van der Waals surface area contributed by atoms with E-state index in [0.29, 0.717) is 16.7 Å². The summed E-state index contributed by atoms with van der Waals surface area (Å²) in [6.07, 6.45) is 0. The van der Waals surface area contributed by atoms with Gasteiger partial charge in [0.05, 0.1) is 12.2 Å². The van der Waals surface area contributed by atoms with E-state index in [4.69, 9.17) is 9.57 Å². The highest BCUT2D eigenvalue weighted by Gasteiger charge is 2.61. The van der Waals surface area contributed by atoms with Gasteiger partial charge in [0, 0.05) is 11.1 Å². The van der Waals surface area contributed by atoms with Crippen molar-refractivity contribution < 1.29 is 24.3 Å². The van der Waals surface area contributed by atoms with Gasteiger partial charge in [-0.15, -0.1) is 5.06 Å². The summed E-state index contributed by atoms with van der Waals surface area (Å²) in [6, 6.07) is 15.4. The minimum atomic E-state index is -2.01. The number of hydrogen-bond acceptors (Lipinski definition) is 5. The van der Waals surface area contributed by atoms with Crippen LogP contribution in [0.25, 0.3) is 5.76 Å². The van der Waals surface area contributed by atoms with Gasteiger partial charge in [-0.05, 0) is 13.0 Å². The van der Waals surface area contributed by atoms with Gasteiger partial charge >= 0.3 is 5.97 Å². The molecular formula is C19H15NO5. The highest BCUT2D eigenvalue weighted by Crippen LogP contribution is 2.51. The van der Waals surface area contributed by atoms with Gasteiger partial charge in [-0.2, -0.15) is 0 Å². The molecule has 0 saturated carbocycles. The predicted octanol–water partition coefficient (Wildman–Crippen LogP) is 2.21. The zero-order valence-corrected chi connectivity index (χ0v) is 13.4. The highest BCUT2D eigenvalue weighted by atomic mass is 16.7. The molecule has 4 rings (SSSR count). The van der Waals surface area contributed by atoms with Gasteiger partial charge in [-0.25, -0.2) is 4.79 Å². The molecule has 0 spiro atoms. The third-order valence-corrected chi connectivity index (χ3v) is 4.29. The van der Waals surface area contributed by atoms with Crippen LogP contribution in [0, 0.1) is 0 Å². The molecule has 2 aromatic carbocycles. The molecule has 1 amide bonds. The van der Waals surface area contributed by atoms with E-state index in [9.17, 15) is 14.7 Å². The Hall–Kier alpha value is -3.12. The Labute approximate surface area is 143 Å². The summed E-state index contributed by atoms with van der Waals surface area (Å²) in [5.74, 6) is -1.12. The summed E-state index contributed by atoms with van der Waals surface area (Å²) < 4.78 is 5.13. The molecule has 0 radical (unpaired) electrons. The maximum Gasteiger partial charge on any atom is 0.343 e. The van der Waals surface area contributed by atoms with Crippen LogP contribution in [-0.4, -0.2) is 28.7 Å². The Kier molecular flexibility index (Phi) is 3.36. The van der Waals surface area contributed by atoms with Crippen molar-refractivity contribution in [3.05, 3.63) is 76.9 Å². The third kappa shape index (κ3) is 2.01. The fourth-order valence-corrected chi connectivity index (χ4v) is 3.20. The summed E-state index contributed by atoms with van der Waals surface area (Å²) in [5.41, 5.74) is -0.948. The summed E-state index contributed by atoms with van der Waals surface area (Å²) in [6.45, 7) is 1.81. The lowest BCUT2D eigenvalue weighted by Crippen LogP contribution is -2.42. The maximum atomic E-state index is 12.6. The largest absolute Gasteiger partial charge is 0.462 e. The Bertz CT molecular complexity index is 905. The number of rotatable bonds is 3. The van der Waals surface area contributed by atoms with Crippen LogP contribution in [0.1, 0.15) is 28.4 Å². The normalized spacial score (nSPS) is 21.0. The van der Waals surface area contributed by atoms with Crippen LogP contribution in [0.2, 0.25) is 0 Å². The Morgan fingerprint density at radius 1 is 1.16 bits per heavy atom. The second-order valence-corrected chi connectivity index (χ2v) is 5.70. The standard InChI is InChI=1S/C19H15NO5/c1-2-24-18(22)15-16(12-8-4-3-5-9-12)25-20-17(21)13-10-6-7-11-14(13)19(15,20)23/h3-11,23H,2H2,1H3. The summed E-state index contributed by atoms with van der Waals surface area (Å²) in [5, 5.41) is 12.2. The molecule has 2 aliphatic rings. The van der Waals surface area contributed by atoms with Crippen molar-refractivity contribution in [2.24, 2.45) is 0 Å². The quantitative estimate of drug-likeness (QED) is 0.869. The molecule has 1 N–H and O–H groups in total. The average molecular weight is 337 g/mol. The van der Waals surface area contributed by atoms with Crippen LogP contribution < -0.4 is 0 Å². The number of amides is 1. The van der Waals surface area contributed by atoms with Crippen molar-refractivity contribution in [2.75, 3.05) is 6.61 Å². The van der Waals surface area contributed by atoms with Gasteiger partial charge in [-0.1, -0.05) is 48.5 Å². The van der Waals surface area contributed by atoms with E-state index in [1.54, 1.807) is 55.5 Å². The van der Waals surface area contributed by atoms with Crippen LogP contribution in [-0.2, 0) is 20.1 Å².